The lowest BCUT2D eigenvalue weighted by Crippen LogP contribution is -2.36. The van der Waals surface area contributed by atoms with E-state index in [0.717, 1.165) is 16.8 Å². The van der Waals surface area contributed by atoms with Gasteiger partial charge in [0.25, 0.3) is 5.91 Å². The predicted molar refractivity (Wildman–Crippen MR) is 103 cm³/mol. The molecule has 1 amide bonds. The highest BCUT2D eigenvalue weighted by Crippen LogP contribution is 2.33. The van der Waals surface area contributed by atoms with Gasteiger partial charge >= 0.3 is 6.18 Å². The summed E-state index contributed by atoms with van der Waals surface area (Å²) in [6.07, 6.45) is -4.61. The summed E-state index contributed by atoms with van der Waals surface area (Å²) in [4.78, 5) is 26.8. The Kier molecular flexibility index (Phi) is 5.54. The molecule has 5 nitrogen and oxygen atoms in total. The van der Waals surface area contributed by atoms with Crippen LogP contribution in [0.25, 0.3) is 5.69 Å². The van der Waals surface area contributed by atoms with E-state index >= 15 is 0 Å². The maximum absolute atomic E-state index is 13.4. The van der Waals surface area contributed by atoms with Crippen molar-refractivity contribution in [3.63, 3.8) is 0 Å². The molecule has 0 saturated heterocycles. The summed E-state index contributed by atoms with van der Waals surface area (Å²) < 4.78 is 41.3. The van der Waals surface area contributed by atoms with Crippen molar-refractivity contribution in [3.8, 4) is 5.69 Å². The minimum atomic E-state index is -4.61. The number of alkyl halides is 3. The normalized spacial score (nSPS) is 11.3. The Morgan fingerprint density at radius 2 is 1.69 bits per heavy atom. The van der Waals surface area contributed by atoms with Crippen LogP contribution in [0.15, 0.2) is 65.5 Å². The van der Waals surface area contributed by atoms with Crippen LogP contribution < -0.4 is 10.3 Å². The van der Waals surface area contributed by atoms with E-state index in [1.54, 1.807) is 37.3 Å². The van der Waals surface area contributed by atoms with Crippen molar-refractivity contribution < 1.29 is 18.0 Å². The lowest BCUT2D eigenvalue weighted by molar-refractivity contribution is -0.137. The van der Waals surface area contributed by atoms with Gasteiger partial charge in [-0.3, -0.25) is 9.59 Å². The van der Waals surface area contributed by atoms with Crippen molar-refractivity contribution >= 4 is 11.6 Å². The molecule has 0 saturated carbocycles. The molecule has 0 bridgehead atoms. The summed E-state index contributed by atoms with van der Waals surface area (Å²) in [5.74, 6) is -0.679. The molecule has 0 radical (unpaired) electrons. The number of aryl methyl sites for hydroxylation is 1. The van der Waals surface area contributed by atoms with E-state index in [9.17, 15) is 22.8 Å². The summed E-state index contributed by atoms with van der Waals surface area (Å²) in [6, 6.07) is 14.7. The Labute approximate surface area is 165 Å². The molecule has 0 spiro atoms. The van der Waals surface area contributed by atoms with Crippen LogP contribution in [0.3, 0.4) is 0 Å². The predicted octanol–water partition coefficient (Wildman–Crippen LogP) is 4.23. The van der Waals surface area contributed by atoms with Crippen molar-refractivity contribution in [3.05, 3.63) is 87.8 Å². The maximum atomic E-state index is 13.4. The van der Waals surface area contributed by atoms with E-state index in [1.165, 1.54) is 30.0 Å². The molecule has 29 heavy (non-hydrogen) atoms. The van der Waals surface area contributed by atoms with E-state index in [2.05, 4.69) is 5.10 Å². The summed E-state index contributed by atoms with van der Waals surface area (Å²) in [5, 5.41) is 4.02. The number of carbonyl (C=O) groups is 1. The second-order valence-corrected chi connectivity index (χ2v) is 6.31. The standard InChI is InChI=1S/C21H18F3N3O2/c1-3-26(15-9-5-4-6-10-15)20(29)19-18(28)13-14(2)27(25-19)17-12-8-7-11-16(17)21(22,23)24/h4-13H,3H2,1-2H3. The zero-order chi connectivity index (χ0) is 21.2. The highest BCUT2D eigenvalue weighted by atomic mass is 19.4. The Morgan fingerprint density at radius 1 is 1.07 bits per heavy atom. The first-order chi connectivity index (χ1) is 13.7. The number of carbonyl (C=O) groups excluding carboxylic acids is 1. The number of nitrogens with zero attached hydrogens (tertiary/aromatic N) is 3. The minimum absolute atomic E-state index is 0.186. The van der Waals surface area contributed by atoms with Gasteiger partial charge in [-0.1, -0.05) is 30.3 Å². The van der Waals surface area contributed by atoms with E-state index in [4.69, 9.17) is 0 Å². The van der Waals surface area contributed by atoms with Gasteiger partial charge in [-0.2, -0.15) is 18.3 Å². The Hall–Kier alpha value is -3.42. The smallest absolute Gasteiger partial charge is 0.307 e. The molecule has 1 aromatic heterocycles. The third kappa shape index (κ3) is 4.06. The number of aromatic nitrogens is 2. The van der Waals surface area contributed by atoms with E-state index in [1.807, 2.05) is 0 Å². The van der Waals surface area contributed by atoms with Crippen molar-refractivity contribution in [1.29, 1.82) is 0 Å². The largest absolute Gasteiger partial charge is 0.418 e. The third-order valence-electron chi connectivity index (χ3n) is 4.38. The van der Waals surface area contributed by atoms with Gasteiger partial charge in [-0.05, 0) is 38.1 Å². The van der Waals surface area contributed by atoms with Gasteiger partial charge in [-0.25, -0.2) is 4.68 Å². The lowest BCUT2D eigenvalue weighted by atomic mass is 10.1. The highest BCUT2D eigenvalue weighted by Gasteiger charge is 2.34. The fourth-order valence-electron chi connectivity index (χ4n) is 3.02. The zero-order valence-electron chi connectivity index (χ0n) is 15.8. The van der Waals surface area contributed by atoms with Crippen molar-refractivity contribution in [2.45, 2.75) is 20.0 Å². The number of benzene rings is 2. The molecular weight excluding hydrogens is 383 g/mol. The molecule has 8 heteroatoms. The van der Waals surface area contributed by atoms with Crippen LogP contribution in [0.4, 0.5) is 18.9 Å². The van der Waals surface area contributed by atoms with Crippen LogP contribution in [-0.4, -0.2) is 22.2 Å². The number of rotatable bonds is 4. The molecule has 3 aromatic rings. The zero-order valence-corrected chi connectivity index (χ0v) is 15.8. The average molecular weight is 401 g/mol. The van der Waals surface area contributed by atoms with Crippen LogP contribution >= 0.6 is 0 Å². The molecule has 0 aliphatic carbocycles. The quantitative estimate of drug-likeness (QED) is 0.658. The Balaban J connectivity index is 2.15. The van der Waals surface area contributed by atoms with E-state index in [0.29, 0.717) is 5.69 Å². The monoisotopic (exact) mass is 401 g/mol. The Morgan fingerprint density at radius 3 is 2.31 bits per heavy atom. The summed E-state index contributed by atoms with van der Waals surface area (Å²) in [5.41, 5.74) is -1.52. The molecule has 0 unspecified atom stereocenters. The highest BCUT2D eigenvalue weighted by molar-refractivity contribution is 6.04. The van der Waals surface area contributed by atoms with Crippen molar-refractivity contribution in [1.82, 2.24) is 9.78 Å². The van der Waals surface area contributed by atoms with E-state index in [-0.39, 0.29) is 17.9 Å². The maximum Gasteiger partial charge on any atom is 0.418 e. The van der Waals surface area contributed by atoms with E-state index < -0.39 is 28.8 Å². The number of hydrogen-bond acceptors (Lipinski definition) is 3. The van der Waals surface area contributed by atoms with Gasteiger partial charge in [0.2, 0.25) is 5.43 Å². The third-order valence-corrected chi connectivity index (χ3v) is 4.38. The number of halogens is 3. The fourth-order valence-corrected chi connectivity index (χ4v) is 3.02. The van der Waals surface area contributed by atoms with Crippen molar-refractivity contribution in [2.75, 3.05) is 11.4 Å². The SMILES string of the molecule is CCN(C(=O)c1nn(-c2ccccc2C(F)(F)F)c(C)cc1=O)c1ccccc1. The first-order valence-corrected chi connectivity index (χ1v) is 8.88. The molecule has 3 rings (SSSR count). The molecule has 150 valence electrons. The number of amides is 1. The van der Waals surface area contributed by atoms with Crippen LogP contribution in [0, 0.1) is 6.92 Å². The van der Waals surface area contributed by atoms with Gasteiger partial charge < -0.3 is 4.90 Å². The summed E-state index contributed by atoms with van der Waals surface area (Å²) in [7, 11) is 0. The summed E-state index contributed by atoms with van der Waals surface area (Å²) in [6.45, 7) is 3.46. The molecule has 0 N–H and O–H groups in total. The van der Waals surface area contributed by atoms with Crippen LogP contribution in [0.5, 0.6) is 0 Å². The second kappa shape index (κ2) is 7.90. The molecule has 0 aliphatic rings. The van der Waals surface area contributed by atoms with Crippen LogP contribution in [-0.2, 0) is 6.18 Å². The molecule has 0 atom stereocenters. The molecular formula is C21H18F3N3O2. The fraction of sp³-hybridized carbons (Fsp3) is 0.190. The average Bonchev–Trinajstić information content (AvgIpc) is 2.69. The van der Waals surface area contributed by atoms with Crippen molar-refractivity contribution in [2.24, 2.45) is 0 Å². The number of para-hydroxylation sites is 2. The summed E-state index contributed by atoms with van der Waals surface area (Å²) >= 11 is 0. The van der Waals surface area contributed by atoms with Gasteiger partial charge in [0.1, 0.15) is 0 Å². The van der Waals surface area contributed by atoms with Gasteiger partial charge in [0.15, 0.2) is 5.69 Å². The Bertz CT molecular complexity index is 1090. The van der Waals surface area contributed by atoms with Gasteiger partial charge in [-0.15, -0.1) is 0 Å². The minimum Gasteiger partial charge on any atom is -0.307 e. The topological polar surface area (TPSA) is 55.2 Å². The first kappa shape index (κ1) is 20.3. The van der Waals surface area contributed by atoms with Gasteiger partial charge in [0.05, 0.1) is 11.3 Å². The molecule has 0 aliphatic heterocycles. The number of hydrogen-bond donors (Lipinski definition) is 0. The second-order valence-electron chi connectivity index (χ2n) is 6.31. The molecule has 2 aromatic carbocycles. The molecule has 0 fully saturated rings. The lowest BCUT2D eigenvalue weighted by Gasteiger charge is -2.21. The van der Waals surface area contributed by atoms with Crippen LogP contribution in [0.2, 0.25) is 0 Å². The first-order valence-electron chi connectivity index (χ1n) is 8.88. The number of anilines is 1. The van der Waals surface area contributed by atoms with Gasteiger partial charge in [0, 0.05) is 24.0 Å². The molecule has 1 heterocycles. The van der Waals surface area contributed by atoms with Crippen LogP contribution in [0.1, 0.15) is 28.7 Å².